The first kappa shape index (κ1) is 24.4. The summed E-state index contributed by atoms with van der Waals surface area (Å²) >= 11 is 0. The Balaban J connectivity index is 2.25. The number of anilines is 2. The molecule has 0 heterocycles. The Morgan fingerprint density at radius 2 is 1.71 bits per heavy atom. The minimum Gasteiger partial charge on any atom is -0.383 e. The minimum absolute atomic E-state index is 0.0695. The lowest BCUT2D eigenvalue weighted by atomic mass is 10.0. The molecule has 0 fully saturated rings. The van der Waals surface area contributed by atoms with Gasteiger partial charge in [0.2, 0.25) is 15.9 Å². The zero-order chi connectivity index (χ0) is 23.0. The molecule has 2 aromatic carbocycles. The molecule has 8 nitrogen and oxygen atoms in total. The molecule has 31 heavy (non-hydrogen) atoms. The average Bonchev–Trinajstić information content (AvgIpc) is 2.71. The largest absolute Gasteiger partial charge is 0.383 e. The third-order valence-corrected chi connectivity index (χ3v) is 5.68. The van der Waals surface area contributed by atoms with Gasteiger partial charge in [-0.15, -0.1) is 0 Å². The molecule has 0 unspecified atom stereocenters. The Bertz CT molecular complexity index is 1020. The van der Waals surface area contributed by atoms with E-state index in [1.807, 2.05) is 26.0 Å². The molecule has 2 amide bonds. The predicted molar refractivity (Wildman–Crippen MR) is 122 cm³/mol. The predicted octanol–water partition coefficient (Wildman–Crippen LogP) is 2.59. The van der Waals surface area contributed by atoms with Crippen molar-refractivity contribution in [2.75, 3.05) is 42.7 Å². The summed E-state index contributed by atoms with van der Waals surface area (Å²) in [6.07, 6.45) is 1.06. The summed E-state index contributed by atoms with van der Waals surface area (Å²) in [6.45, 7) is 4.18. The van der Waals surface area contributed by atoms with Crippen LogP contribution in [0.25, 0.3) is 0 Å². The van der Waals surface area contributed by atoms with Gasteiger partial charge < -0.3 is 15.4 Å². The Morgan fingerprint density at radius 3 is 2.35 bits per heavy atom. The fourth-order valence-corrected chi connectivity index (χ4v) is 3.93. The fourth-order valence-electron chi connectivity index (χ4n) is 3.06. The van der Waals surface area contributed by atoms with E-state index in [0.29, 0.717) is 24.5 Å². The van der Waals surface area contributed by atoms with E-state index >= 15 is 0 Å². The van der Waals surface area contributed by atoms with Crippen LogP contribution in [0, 0.1) is 0 Å². The van der Waals surface area contributed by atoms with Gasteiger partial charge in [-0.25, -0.2) is 8.42 Å². The van der Waals surface area contributed by atoms with Gasteiger partial charge in [-0.2, -0.15) is 0 Å². The van der Waals surface area contributed by atoms with Crippen molar-refractivity contribution in [1.82, 2.24) is 5.32 Å². The first-order chi connectivity index (χ1) is 14.6. The number of nitrogens with zero attached hydrogens (tertiary/aromatic N) is 1. The summed E-state index contributed by atoms with van der Waals surface area (Å²) in [4.78, 5) is 25.2. The molecule has 2 N–H and O–H groups in total. The number of hydrogen-bond acceptors (Lipinski definition) is 5. The maximum absolute atomic E-state index is 12.8. The highest BCUT2D eigenvalue weighted by Gasteiger charge is 2.24. The number of benzene rings is 2. The Morgan fingerprint density at radius 1 is 1.06 bits per heavy atom. The summed E-state index contributed by atoms with van der Waals surface area (Å²) in [5, 5.41) is 5.37. The fraction of sp³-hybridized carbons (Fsp3) is 0.364. The van der Waals surface area contributed by atoms with Gasteiger partial charge in [0.25, 0.3) is 5.91 Å². The summed E-state index contributed by atoms with van der Waals surface area (Å²) in [7, 11) is -2.19. The Kier molecular flexibility index (Phi) is 8.58. The highest BCUT2D eigenvalue weighted by molar-refractivity contribution is 7.92. The molecule has 2 rings (SSSR count). The molecule has 0 aliphatic rings. The molecule has 0 aromatic heterocycles. The topological polar surface area (TPSA) is 105 Å². The van der Waals surface area contributed by atoms with E-state index in [1.165, 1.54) is 7.11 Å². The van der Waals surface area contributed by atoms with Gasteiger partial charge in [0.1, 0.15) is 6.54 Å². The number of hydrogen-bond donors (Lipinski definition) is 2. The molecule has 0 saturated heterocycles. The summed E-state index contributed by atoms with van der Waals surface area (Å²) in [5.41, 5.74) is 1.85. The molecule has 168 valence electrons. The lowest BCUT2D eigenvalue weighted by molar-refractivity contribution is -0.114. The maximum Gasteiger partial charge on any atom is 0.253 e. The molecule has 2 aromatic rings. The van der Waals surface area contributed by atoms with Crippen LogP contribution in [0.2, 0.25) is 0 Å². The number of carbonyl (C=O) groups excluding carboxylic acids is 2. The van der Waals surface area contributed by atoms with Crippen LogP contribution >= 0.6 is 0 Å². The van der Waals surface area contributed by atoms with Gasteiger partial charge in [-0.1, -0.05) is 44.2 Å². The molecular formula is C22H29N3O5S. The van der Waals surface area contributed by atoms with Crippen LogP contribution in [-0.2, 0) is 19.6 Å². The number of ether oxygens (including phenoxy) is 1. The van der Waals surface area contributed by atoms with Crippen molar-refractivity contribution >= 4 is 33.2 Å². The SMILES string of the molecule is COCCNC(=O)c1ccccc1NC(=O)CN(c1ccccc1C(C)C)S(C)(=O)=O. The van der Waals surface area contributed by atoms with E-state index in [9.17, 15) is 18.0 Å². The lowest BCUT2D eigenvalue weighted by Crippen LogP contribution is -2.38. The molecule has 9 heteroatoms. The summed E-state index contributed by atoms with van der Waals surface area (Å²) in [5.74, 6) is -0.848. The van der Waals surface area contributed by atoms with Crippen molar-refractivity contribution in [3.8, 4) is 0 Å². The van der Waals surface area contributed by atoms with E-state index in [0.717, 1.165) is 16.1 Å². The normalized spacial score (nSPS) is 11.3. The lowest BCUT2D eigenvalue weighted by Gasteiger charge is -2.25. The third-order valence-electron chi connectivity index (χ3n) is 4.55. The van der Waals surface area contributed by atoms with Gasteiger partial charge in [-0.3, -0.25) is 13.9 Å². The highest BCUT2D eigenvalue weighted by atomic mass is 32.2. The van der Waals surface area contributed by atoms with Crippen molar-refractivity contribution in [1.29, 1.82) is 0 Å². The number of methoxy groups -OCH3 is 1. The van der Waals surface area contributed by atoms with E-state index in [4.69, 9.17) is 4.74 Å². The van der Waals surface area contributed by atoms with E-state index in [2.05, 4.69) is 10.6 Å². The Labute approximate surface area is 183 Å². The second-order valence-corrected chi connectivity index (χ2v) is 9.23. The monoisotopic (exact) mass is 447 g/mol. The molecule has 0 bridgehead atoms. The molecule has 0 aliphatic carbocycles. The van der Waals surface area contributed by atoms with Crippen molar-refractivity contribution < 1.29 is 22.7 Å². The van der Waals surface area contributed by atoms with Crippen LogP contribution in [0.4, 0.5) is 11.4 Å². The van der Waals surface area contributed by atoms with Crippen LogP contribution in [0.5, 0.6) is 0 Å². The minimum atomic E-state index is -3.72. The zero-order valence-corrected chi connectivity index (χ0v) is 19.0. The Hall–Kier alpha value is -2.91. The second-order valence-electron chi connectivity index (χ2n) is 7.33. The van der Waals surface area contributed by atoms with Crippen LogP contribution < -0.4 is 14.9 Å². The summed E-state index contributed by atoms with van der Waals surface area (Å²) in [6, 6.07) is 13.6. The van der Waals surface area contributed by atoms with Crippen LogP contribution in [-0.4, -0.2) is 53.3 Å². The molecule has 0 aliphatic heterocycles. The van der Waals surface area contributed by atoms with Crippen LogP contribution in [0.1, 0.15) is 35.7 Å². The van der Waals surface area contributed by atoms with Gasteiger partial charge >= 0.3 is 0 Å². The van der Waals surface area contributed by atoms with Crippen LogP contribution in [0.15, 0.2) is 48.5 Å². The molecule has 0 atom stereocenters. The summed E-state index contributed by atoms with van der Waals surface area (Å²) < 4.78 is 31.0. The quantitative estimate of drug-likeness (QED) is 0.545. The number of carbonyl (C=O) groups is 2. The van der Waals surface area contributed by atoms with Crippen molar-refractivity contribution in [3.05, 3.63) is 59.7 Å². The molecular weight excluding hydrogens is 418 g/mol. The van der Waals surface area contributed by atoms with Crippen molar-refractivity contribution in [2.45, 2.75) is 19.8 Å². The number of para-hydroxylation sites is 2. The van der Waals surface area contributed by atoms with Gasteiger partial charge in [0.05, 0.1) is 29.8 Å². The smallest absolute Gasteiger partial charge is 0.253 e. The van der Waals surface area contributed by atoms with E-state index in [-0.39, 0.29) is 17.4 Å². The molecule has 0 radical (unpaired) electrons. The van der Waals surface area contributed by atoms with E-state index in [1.54, 1.807) is 36.4 Å². The van der Waals surface area contributed by atoms with Crippen molar-refractivity contribution in [2.24, 2.45) is 0 Å². The maximum atomic E-state index is 12.8. The van der Waals surface area contributed by atoms with Gasteiger partial charge in [0.15, 0.2) is 0 Å². The van der Waals surface area contributed by atoms with Crippen LogP contribution in [0.3, 0.4) is 0 Å². The van der Waals surface area contributed by atoms with Gasteiger partial charge in [-0.05, 0) is 29.7 Å². The first-order valence-electron chi connectivity index (χ1n) is 9.87. The standard InChI is InChI=1S/C22H29N3O5S/c1-16(2)17-9-6-8-12-20(17)25(31(4,28)29)15-21(26)24-19-11-7-5-10-18(19)22(27)23-13-14-30-3/h5-12,16H,13-15H2,1-4H3,(H,23,27)(H,24,26). The number of sulfonamides is 1. The zero-order valence-electron chi connectivity index (χ0n) is 18.2. The second kappa shape index (κ2) is 10.9. The van der Waals surface area contributed by atoms with E-state index < -0.39 is 22.5 Å². The number of amides is 2. The number of nitrogens with one attached hydrogen (secondary N) is 2. The average molecular weight is 448 g/mol. The van der Waals surface area contributed by atoms with Crippen molar-refractivity contribution in [3.63, 3.8) is 0 Å². The highest BCUT2D eigenvalue weighted by Crippen LogP contribution is 2.29. The number of rotatable bonds is 10. The van der Waals surface area contributed by atoms with Gasteiger partial charge in [0, 0.05) is 13.7 Å². The third kappa shape index (κ3) is 6.80. The first-order valence-corrected chi connectivity index (χ1v) is 11.7. The molecule has 0 spiro atoms. The molecule has 0 saturated carbocycles.